The number of fused-ring (bicyclic) bond motifs is 1. The van der Waals surface area contributed by atoms with E-state index in [4.69, 9.17) is 16.3 Å². The van der Waals surface area contributed by atoms with Crippen molar-refractivity contribution in [2.45, 2.75) is 31.2 Å². The summed E-state index contributed by atoms with van der Waals surface area (Å²) in [6.45, 7) is 0.764. The zero-order valence-electron chi connectivity index (χ0n) is 16.2. The molecule has 2 saturated heterocycles. The number of halogens is 1. The van der Waals surface area contributed by atoms with E-state index in [1.165, 1.54) is 0 Å². The highest BCUT2D eigenvalue weighted by Crippen LogP contribution is 2.23. The molecule has 30 heavy (non-hydrogen) atoms. The Bertz CT molecular complexity index is 935. The van der Waals surface area contributed by atoms with Crippen molar-refractivity contribution in [3.05, 3.63) is 70.7 Å². The van der Waals surface area contributed by atoms with E-state index in [1.807, 2.05) is 30.3 Å². The lowest BCUT2D eigenvalue weighted by Crippen LogP contribution is -2.62. The molecule has 2 fully saturated rings. The van der Waals surface area contributed by atoms with Crippen LogP contribution in [0.5, 0.6) is 0 Å². The van der Waals surface area contributed by atoms with Crippen LogP contribution in [-0.4, -0.2) is 53.9 Å². The molecule has 156 valence electrons. The van der Waals surface area contributed by atoms with Gasteiger partial charge in [-0.05, 0) is 36.2 Å². The molecular formula is C22H22ClN3O4. The summed E-state index contributed by atoms with van der Waals surface area (Å²) in [6.07, 6.45) is 0.383. The Morgan fingerprint density at radius 3 is 2.60 bits per heavy atom. The lowest BCUT2D eigenvalue weighted by atomic mass is 10.1. The molecule has 0 aromatic heterocycles. The number of nitrogens with one attached hydrogen (secondary N) is 2. The van der Waals surface area contributed by atoms with Gasteiger partial charge in [0.1, 0.15) is 12.1 Å². The topological polar surface area (TPSA) is 87.7 Å². The highest BCUT2D eigenvalue weighted by molar-refractivity contribution is 6.30. The van der Waals surface area contributed by atoms with Crippen LogP contribution in [-0.2, 0) is 20.9 Å². The molecule has 2 heterocycles. The Morgan fingerprint density at radius 2 is 1.87 bits per heavy atom. The molecule has 2 aliphatic heterocycles. The van der Waals surface area contributed by atoms with E-state index < -0.39 is 12.1 Å². The fourth-order valence-electron chi connectivity index (χ4n) is 3.81. The monoisotopic (exact) mass is 427 g/mol. The summed E-state index contributed by atoms with van der Waals surface area (Å²) in [4.78, 5) is 39.3. The summed E-state index contributed by atoms with van der Waals surface area (Å²) in [5.74, 6) is -0.658. The number of hydrogen-bond donors (Lipinski definition) is 2. The van der Waals surface area contributed by atoms with Gasteiger partial charge in [0, 0.05) is 23.2 Å². The van der Waals surface area contributed by atoms with Crippen molar-refractivity contribution in [2.24, 2.45) is 0 Å². The van der Waals surface area contributed by atoms with Crippen molar-refractivity contribution < 1.29 is 19.1 Å². The van der Waals surface area contributed by atoms with Crippen molar-refractivity contribution in [3.63, 3.8) is 0 Å². The van der Waals surface area contributed by atoms with Gasteiger partial charge in [-0.25, -0.2) is 0 Å². The minimum atomic E-state index is -0.719. The molecule has 2 aliphatic rings. The second-order valence-corrected chi connectivity index (χ2v) is 7.92. The number of benzene rings is 2. The van der Waals surface area contributed by atoms with E-state index in [1.54, 1.807) is 29.2 Å². The molecular weight excluding hydrogens is 406 g/mol. The molecule has 7 nitrogen and oxygen atoms in total. The first-order chi connectivity index (χ1) is 14.5. The van der Waals surface area contributed by atoms with Crippen LogP contribution >= 0.6 is 11.6 Å². The van der Waals surface area contributed by atoms with E-state index in [9.17, 15) is 14.4 Å². The summed E-state index contributed by atoms with van der Waals surface area (Å²) >= 11 is 5.86. The smallest absolute Gasteiger partial charge is 0.251 e. The minimum Gasteiger partial charge on any atom is -0.374 e. The Morgan fingerprint density at radius 1 is 1.13 bits per heavy atom. The van der Waals surface area contributed by atoms with E-state index in [0.717, 1.165) is 5.56 Å². The average Bonchev–Trinajstić information content (AvgIpc) is 3.17. The third-order valence-electron chi connectivity index (χ3n) is 5.34. The van der Waals surface area contributed by atoms with Crippen LogP contribution in [0.1, 0.15) is 22.3 Å². The number of amides is 3. The Labute approximate surface area is 179 Å². The maximum absolute atomic E-state index is 12.8. The van der Waals surface area contributed by atoms with Crippen LogP contribution in [0.2, 0.25) is 5.02 Å². The minimum absolute atomic E-state index is 0.102. The standard InChI is InChI=1S/C22H22ClN3O4/c23-16-8-6-15(7-9-16)20(27)24-17-10-19-21(28)25-18(22(29)26(19)11-17)13-30-12-14-4-2-1-3-5-14/h1-9,17-19H,10-13H2,(H,24,27)(H,25,28)/t17-,18-,19-/m0/s1. The molecule has 2 aromatic carbocycles. The first-order valence-corrected chi connectivity index (χ1v) is 10.2. The third kappa shape index (κ3) is 4.47. The van der Waals surface area contributed by atoms with Gasteiger partial charge in [0.25, 0.3) is 5.91 Å². The highest BCUT2D eigenvalue weighted by Gasteiger charge is 2.46. The molecule has 3 atom stereocenters. The first-order valence-electron chi connectivity index (χ1n) is 9.80. The number of carbonyl (C=O) groups is 3. The van der Waals surface area contributed by atoms with Crippen LogP contribution < -0.4 is 10.6 Å². The largest absolute Gasteiger partial charge is 0.374 e. The van der Waals surface area contributed by atoms with Crippen molar-refractivity contribution >= 4 is 29.3 Å². The van der Waals surface area contributed by atoms with Crippen molar-refractivity contribution in [1.82, 2.24) is 15.5 Å². The van der Waals surface area contributed by atoms with Crippen LogP contribution in [0.3, 0.4) is 0 Å². The zero-order chi connectivity index (χ0) is 21.1. The fourth-order valence-corrected chi connectivity index (χ4v) is 3.94. The van der Waals surface area contributed by atoms with Crippen molar-refractivity contribution in [3.8, 4) is 0 Å². The summed E-state index contributed by atoms with van der Waals surface area (Å²) in [7, 11) is 0. The average molecular weight is 428 g/mol. The van der Waals surface area contributed by atoms with Crippen LogP contribution in [0, 0.1) is 0 Å². The summed E-state index contributed by atoms with van der Waals surface area (Å²) in [5, 5.41) is 6.21. The Hall–Kier alpha value is -2.90. The van der Waals surface area contributed by atoms with E-state index in [0.29, 0.717) is 30.2 Å². The van der Waals surface area contributed by atoms with Gasteiger partial charge in [-0.2, -0.15) is 0 Å². The number of carbonyl (C=O) groups excluding carboxylic acids is 3. The molecule has 0 bridgehead atoms. The maximum atomic E-state index is 12.8. The number of rotatable bonds is 6. The first kappa shape index (κ1) is 20.4. The zero-order valence-corrected chi connectivity index (χ0v) is 17.0. The van der Waals surface area contributed by atoms with Gasteiger partial charge in [0.05, 0.1) is 13.2 Å². The maximum Gasteiger partial charge on any atom is 0.251 e. The molecule has 0 saturated carbocycles. The van der Waals surface area contributed by atoms with Crippen LogP contribution in [0.15, 0.2) is 54.6 Å². The molecule has 2 aromatic rings. The molecule has 0 radical (unpaired) electrons. The normalized spacial score (nSPS) is 23.1. The van der Waals surface area contributed by atoms with Gasteiger partial charge < -0.3 is 20.3 Å². The molecule has 0 aliphatic carbocycles. The van der Waals surface area contributed by atoms with Gasteiger partial charge in [0.2, 0.25) is 11.8 Å². The number of hydrogen-bond acceptors (Lipinski definition) is 4. The third-order valence-corrected chi connectivity index (χ3v) is 5.59. The summed E-state index contributed by atoms with van der Waals surface area (Å²) in [6, 6.07) is 14.6. The molecule has 2 N–H and O–H groups in total. The second kappa shape index (κ2) is 8.85. The van der Waals surface area contributed by atoms with Gasteiger partial charge in [-0.3, -0.25) is 14.4 Å². The van der Waals surface area contributed by atoms with Crippen molar-refractivity contribution in [1.29, 1.82) is 0 Å². The predicted octanol–water partition coefficient (Wildman–Crippen LogP) is 1.75. The fraction of sp³-hybridized carbons (Fsp3) is 0.318. The Kier molecular flexibility index (Phi) is 6.01. The lowest BCUT2D eigenvalue weighted by molar-refractivity contribution is -0.148. The SMILES string of the molecule is O=C(N[C@H]1C[C@H]2C(=O)N[C@@H](COCc3ccccc3)C(=O)N2C1)c1ccc(Cl)cc1. The number of piperazine rings is 1. The Balaban J connectivity index is 1.33. The molecule has 0 unspecified atom stereocenters. The van der Waals surface area contributed by atoms with E-state index in [2.05, 4.69) is 10.6 Å². The van der Waals surface area contributed by atoms with Crippen LogP contribution in [0.25, 0.3) is 0 Å². The molecule has 3 amide bonds. The van der Waals surface area contributed by atoms with Gasteiger partial charge >= 0.3 is 0 Å². The van der Waals surface area contributed by atoms with Gasteiger partial charge in [0.15, 0.2) is 0 Å². The number of ether oxygens (including phenoxy) is 1. The van der Waals surface area contributed by atoms with Crippen molar-refractivity contribution in [2.75, 3.05) is 13.2 Å². The molecule has 8 heteroatoms. The molecule has 4 rings (SSSR count). The quantitative estimate of drug-likeness (QED) is 0.735. The summed E-state index contributed by atoms with van der Waals surface area (Å²) in [5.41, 5.74) is 1.48. The van der Waals surface area contributed by atoms with Gasteiger partial charge in [-0.1, -0.05) is 41.9 Å². The van der Waals surface area contributed by atoms with Gasteiger partial charge in [-0.15, -0.1) is 0 Å². The molecule has 0 spiro atoms. The second-order valence-electron chi connectivity index (χ2n) is 7.48. The highest BCUT2D eigenvalue weighted by atomic mass is 35.5. The number of nitrogens with zero attached hydrogens (tertiary/aromatic N) is 1. The van der Waals surface area contributed by atoms with E-state index >= 15 is 0 Å². The summed E-state index contributed by atoms with van der Waals surface area (Å²) < 4.78 is 5.64. The van der Waals surface area contributed by atoms with Crippen LogP contribution in [0.4, 0.5) is 0 Å². The lowest BCUT2D eigenvalue weighted by Gasteiger charge is -2.34. The predicted molar refractivity (Wildman–Crippen MR) is 111 cm³/mol. The van der Waals surface area contributed by atoms with E-state index in [-0.39, 0.29) is 30.4 Å².